The molecule has 1 aromatic rings. The first-order valence-electron chi connectivity index (χ1n) is 5.03. The van der Waals surface area contributed by atoms with E-state index in [0.29, 0.717) is 0 Å². The Morgan fingerprint density at radius 1 is 1.18 bits per heavy atom. The first-order valence-corrected chi connectivity index (χ1v) is 6.99. The highest BCUT2D eigenvalue weighted by Crippen LogP contribution is 2.61. The minimum absolute atomic E-state index is 0.534. The van der Waals surface area contributed by atoms with Crippen LogP contribution in [0.25, 0.3) is 0 Å². The van der Waals surface area contributed by atoms with Gasteiger partial charge in [0.2, 0.25) is 0 Å². The van der Waals surface area contributed by atoms with Gasteiger partial charge in [0.1, 0.15) is 5.25 Å². The van der Waals surface area contributed by atoms with E-state index in [1.165, 1.54) is 0 Å². The molecule has 2 atom stereocenters. The molecule has 86 valence electrons. The largest absolute Gasteiger partial charge is 0.229 e. The van der Waals surface area contributed by atoms with Crippen molar-refractivity contribution >= 4 is 9.84 Å². The SMILES string of the molecule is CS(=O)(=O)[C@@H]1[C@H](c2ccccc2)C1(C#N)C#N. The highest BCUT2D eigenvalue weighted by Gasteiger charge is 2.72. The van der Waals surface area contributed by atoms with Gasteiger partial charge in [-0.05, 0) is 5.56 Å². The van der Waals surface area contributed by atoms with Crippen LogP contribution in [0.3, 0.4) is 0 Å². The molecule has 0 saturated heterocycles. The molecule has 2 rings (SSSR count). The Bertz CT molecular complexity index is 609. The number of benzene rings is 1. The molecule has 1 aliphatic rings. The van der Waals surface area contributed by atoms with Gasteiger partial charge in [-0.15, -0.1) is 0 Å². The van der Waals surface area contributed by atoms with Gasteiger partial charge in [-0.2, -0.15) is 10.5 Å². The third-order valence-corrected chi connectivity index (χ3v) is 4.69. The van der Waals surface area contributed by atoms with Gasteiger partial charge in [0.15, 0.2) is 15.3 Å². The summed E-state index contributed by atoms with van der Waals surface area (Å²) in [7, 11) is -3.40. The van der Waals surface area contributed by atoms with E-state index in [1.54, 1.807) is 24.3 Å². The van der Waals surface area contributed by atoms with Gasteiger partial charge in [0, 0.05) is 12.2 Å². The molecule has 0 aromatic heterocycles. The van der Waals surface area contributed by atoms with E-state index in [4.69, 9.17) is 10.5 Å². The van der Waals surface area contributed by atoms with Crippen molar-refractivity contribution in [1.29, 1.82) is 10.5 Å². The Kier molecular flexibility index (Phi) is 2.45. The molecular weight excluding hydrogens is 236 g/mol. The lowest BCUT2D eigenvalue weighted by Gasteiger charge is -1.97. The zero-order valence-electron chi connectivity index (χ0n) is 9.16. The molecule has 17 heavy (non-hydrogen) atoms. The summed E-state index contributed by atoms with van der Waals surface area (Å²) < 4.78 is 23.2. The molecule has 0 N–H and O–H groups in total. The van der Waals surface area contributed by atoms with Crippen molar-refractivity contribution in [1.82, 2.24) is 0 Å². The van der Waals surface area contributed by atoms with Crippen molar-refractivity contribution in [2.45, 2.75) is 11.2 Å². The van der Waals surface area contributed by atoms with E-state index in [0.717, 1.165) is 11.8 Å². The fourth-order valence-corrected chi connectivity index (χ4v) is 4.05. The quantitative estimate of drug-likeness (QED) is 0.785. The molecule has 1 fully saturated rings. The first kappa shape index (κ1) is 11.6. The van der Waals surface area contributed by atoms with Crippen molar-refractivity contribution in [3.05, 3.63) is 35.9 Å². The van der Waals surface area contributed by atoms with Gasteiger partial charge in [0.05, 0.1) is 12.1 Å². The second kappa shape index (κ2) is 3.58. The number of rotatable bonds is 2. The smallest absolute Gasteiger partial charge is 0.169 e. The van der Waals surface area contributed by atoms with Crippen LogP contribution in [0, 0.1) is 28.1 Å². The van der Waals surface area contributed by atoms with E-state index in [9.17, 15) is 8.42 Å². The standard InChI is InChI=1S/C12H10N2O2S/c1-17(15,16)11-10(12(11,7-13)8-14)9-5-3-2-4-6-9/h2-6,10-11H,1H3/t10-,11+/m0/s1. The highest BCUT2D eigenvalue weighted by atomic mass is 32.2. The Morgan fingerprint density at radius 2 is 1.71 bits per heavy atom. The molecule has 1 saturated carbocycles. The molecule has 0 bridgehead atoms. The average Bonchev–Trinajstić information content (AvgIpc) is 3.00. The minimum Gasteiger partial charge on any atom is -0.229 e. The summed E-state index contributed by atoms with van der Waals surface area (Å²) in [6, 6.07) is 12.6. The van der Waals surface area contributed by atoms with E-state index < -0.39 is 26.4 Å². The molecule has 5 heteroatoms. The number of nitriles is 2. The Labute approximate surface area is 100 Å². The second-order valence-corrected chi connectivity index (χ2v) is 6.40. The first-order chi connectivity index (χ1) is 7.97. The number of nitrogens with zero attached hydrogens (tertiary/aromatic N) is 2. The van der Waals surface area contributed by atoms with Crippen molar-refractivity contribution < 1.29 is 8.42 Å². The van der Waals surface area contributed by atoms with Gasteiger partial charge < -0.3 is 0 Å². The molecule has 0 unspecified atom stereocenters. The van der Waals surface area contributed by atoms with Crippen LogP contribution in [0.15, 0.2) is 30.3 Å². The Balaban J connectivity index is 2.52. The fourth-order valence-electron chi connectivity index (χ4n) is 2.33. The maximum absolute atomic E-state index is 11.6. The van der Waals surface area contributed by atoms with E-state index >= 15 is 0 Å². The van der Waals surface area contributed by atoms with Crippen LogP contribution < -0.4 is 0 Å². The summed E-state index contributed by atoms with van der Waals surface area (Å²) in [4.78, 5) is 0. The molecule has 1 aliphatic carbocycles. The van der Waals surface area contributed by atoms with E-state index in [1.807, 2.05) is 18.2 Å². The van der Waals surface area contributed by atoms with Gasteiger partial charge in [-0.25, -0.2) is 8.42 Å². The van der Waals surface area contributed by atoms with Gasteiger partial charge in [0.25, 0.3) is 0 Å². The summed E-state index contributed by atoms with van der Waals surface area (Å²) in [5.74, 6) is -0.534. The predicted molar refractivity (Wildman–Crippen MR) is 61.5 cm³/mol. The average molecular weight is 246 g/mol. The van der Waals surface area contributed by atoms with Crippen molar-refractivity contribution in [2.75, 3.05) is 6.26 Å². The molecule has 1 aromatic carbocycles. The lowest BCUT2D eigenvalue weighted by atomic mass is 10.0. The maximum atomic E-state index is 11.6. The van der Waals surface area contributed by atoms with E-state index in [-0.39, 0.29) is 0 Å². The second-order valence-electron chi connectivity index (χ2n) is 4.23. The molecule has 0 spiro atoms. The Hall–Kier alpha value is -1.85. The maximum Gasteiger partial charge on any atom is 0.169 e. The van der Waals surface area contributed by atoms with Crippen LogP contribution in [-0.4, -0.2) is 19.9 Å². The van der Waals surface area contributed by atoms with E-state index in [2.05, 4.69) is 0 Å². The summed E-state index contributed by atoms with van der Waals surface area (Å²) >= 11 is 0. The Morgan fingerprint density at radius 3 is 2.06 bits per heavy atom. The highest BCUT2D eigenvalue weighted by molar-refractivity contribution is 7.91. The van der Waals surface area contributed by atoms with Crippen molar-refractivity contribution in [3.63, 3.8) is 0 Å². The van der Waals surface area contributed by atoms with Crippen LogP contribution in [-0.2, 0) is 9.84 Å². The summed E-state index contributed by atoms with van der Waals surface area (Å²) in [5, 5.41) is 17.3. The minimum atomic E-state index is -3.40. The monoisotopic (exact) mass is 246 g/mol. The van der Waals surface area contributed by atoms with Crippen LogP contribution >= 0.6 is 0 Å². The van der Waals surface area contributed by atoms with Crippen LogP contribution in [0.5, 0.6) is 0 Å². The van der Waals surface area contributed by atoms with Crippen molar-refractivity contribution in [3.8, 4) is 12.1 Å². The van der Waals surface area contributed by atoms with Gasteiger partial charge in [-0.3, -0.25) is 0 Å². The lowest BCUT2D eigenvalue weighted by Crippen LogP contribution is -2.11. The number of hydrogen-bond acceptors (Lipinski definition) is 4. The molecule has 0 aliphatic heterocycles. The summed E-state index contributed by atoms with van der Waals surface area (Å²) in [6.07, 6.45) is 1.07. The topological polar surface area (TPSA) is 81.7 Å². The summed E-state index contributed by atoms with van der Waals surface area (Å²) in [6.45, 7) is 0. The summed E-state index contributed by atoms with van der Waals surface area (Å²) in [5.41, 5.74) is -0.694. The molecule has 0 amide bonds. The predicted octanol–water partition coefficient (Wildman–Crippen LogP) is 1.23. The molecule has 0 heterocycles. The van der Waals surface area contributed by atoms with Crippen molar-refractivity contribution in [2.24, 2.45) is 5.41 Å². The van der Waals surface area contributed by atoms with Crippen LogP contribution in [0.2, 0.25) is 0 Å². The molecule has 0 radical (unpaired) electrons. The lowest BCUT2D eigenvalue weighted by molar-refractivity contribution is 0.597. The van der Waals surface area contributed by atoms with Crippen LogP contribution in [0.4, 0.5) is 0 Å². The zero-order valence-corrected chi connectivity index (χ0v) is 9.98. The van der Waals surface area contributed by atoms with Gasteiger partial charge >= 0.3 is 0 Å². The normalized spacial score (nSPS) is 25.6. The van der Waals surface area contributed by atoms with Crippen LogP contribution in [0.1, 0.15) is 11.5 Å². The zero-order chi connectivity index (χ0) is 12.7. The third-order valence-electron chi connectivity index (χ3n) is 3.12. The number of hydrogen-bond donors (Lipinski definition) is 0. The number of sulfone groups is 1. The fraction of sp³-hybridized carbons (Fsp3) is 0.333. The third kappa shape index (κ3) is 1.60. The molecule has 4 nitrogen and oxygen atoms in total. The van der Waals surface area contributed by atoms with Gasteiger partial charge in [-0.1, -0.05) is 30.3 Å². The molecular formula is C12H10N2O2S.